The Balaban J connectivity index is 2.02. The molecule has 0 bridgehead atoms. The number of halogens is 2. The Morgan fingerprint density at radius 2 is 2.26 bits per heavy atom. The SMILES string of the molecule is C[C@H](Oc1cccc(Cl)c1Cl)C(=O)Nc1nncs1. The molecule has 0 unspecified atom stereocenters. The van der Waals surface area contributed by atoms with E-state index in [-0.39, 0.29) is 10.9 Å². The lowest BCUT2D eigenvalue weighted by Crippen LogP contribution is -2.30. The molecule has 1 amide bonds. The van der Waals surface area contributed by atoms with Gasteiger partial charge in [-0.05, 0) is 19.1 Å². The topological polar surface area (TPSA) is 64.1 Å². The highest BCUT2D eigenvalue weighted by Crippen LogP contribution is 2.32. The van der Waals surface area contributed by atoms with Crippen LogP contribution >= 0.6 is 34.5 Å². The molecular weight excluding hydrogens is 309 g/mol. The zero-order valence-electron chi connectivity index (χ0n) is 9.76. The monoisotopic (exact) mass is 317 g/mol. The van der Waals surface area contributed by atoms with Crippen LogP contribution in [0.4, 0.5) is 5.13 Å². The maximum atomic E-state index is 11.8. The summed E-state index contributed by atoms with van der Waals surface area (Å²) < 4.78 is 5.46. The number of carbonyl (C=O) groups excluding carboxylic acids is 1. The summed E-state index contributed by atoms with van der Waals surface area (Å²) in [4.78, 5) is 11.8. The standard InChI is InChI=1S/C11H9Cl2N3O2S/c1-6(10(17)15-11-16-14-5-19-11)18-8-4-2-3-7(12)9(8)13/h2-6H,1H3,(H,15,16,17)/t6-/m0/s1. The Kier molecular flexibility index (Phi) is 4.57. The van der Waals surface area contributed by atoms with Gasteiger partial charge in [0.2, 0.25) is 5.13 Å². The molecule has 1 aromatic carbocycles. The lowest BCUT2D eigenvalue weighted by atomic mass is 10.3. The third-order valence-corrected chi connectivity index (χ3v) is 3.59. The van der Waals surface area contributed by atoms with Crippen LogP contribution < -0.4 is 10.1 Å². The summed E-state index contributed by atoms with van der Waals surface area (Å²) in [5, 5.41) is 11.0. The first-order valence-electron chi connectivity index (χ1n) is 5.25. The average Bonchev–Trinajstić information content (AvgIpc) is 2.87. The molecule has 100 valence electrons. The first-order chi connectivity index (χ1) is 9.08. The Bertz CT molecular complexity index is 577. The van der Waals surface area contributed by atoms with Gasteiger partial charge in [-0.1, -0.05) is 40.6 Å². The van der Waals surface area contributed by atoms with Crippen molar-refractivity contribution in [3.8, 4) is 5.75 Å². The first-order valence-corrected chi connectivity index (χ1v) is 6.89. The fourth-order valence-electron chi connectivity index (χ4n) is 1.25. The zero-order chi connectivity index (χ0) is 13.8. The van der Waals surface area contributed by atoms with Crippen LogP contribution in [0.25, 0.3) is 0 Å². The summed E-state index contributed by atoms with van der Waals surface area (Å²) >= 11 is 13.1. The molecule has 1 aromatic heterocycles. The summed E-state index contributed by atoms with van der Waals surface area (Å²) in [5.74, 6) is 0.0156. The van der Waals surface area contributed by atoms with Crippen molar-refractivity contribution in [1.82, 2.24) is 10.2 Å². The number of ether oxygens (including phenoxy) is 1. The van der Waals surface area contributed by atoms with E-state index in [1.54, 1.807) is 25.1 Å². The van der Waals surface area contributed by atoms with Crippen molar-refractivity contribution < 1.29 is 9.53 Å². The second-order valence-electron chi connectivity index (χ2n) is 3.55. The highest BCUT2D eigenvalue weighted by atomic mass is 35.5. The van der Waals surface area contributed by atoms with Crippen molar-refractivity contribution in [1.29, 1.82) is 0 Å². The number of rotatable bonds is 4. The number of hydrogen-bond donors (Lipinski definition) is 1. The van der Waals surface area contributed by atoms with Crippen LogP contribution in [0.5, 0.6) is 5.75 Å². The van der Waals surface area contributed by atoms with E-state index in [0.717, 1.165) is 0 Å². The van der Waals surface area contributed by atoms with Gasteiger partial charge in [0.15, 0.2) is 6.10 Å². The van der Waals surface area contributed by atoms with Crippen molar-refractivity contribution in [2.24, 2.45) is 0 Å². The van der Waals surface area contributed by atoms with Crippen LogP contribution in [0.2, 0.25) is 10.0 Å². The smallest absolute Gasteiger partial charge is 0.266 e. The fourth-order valence-corrected chi connectivity index (χ4v) is 2.04. The number of amides is 1. The van der Waals surface area contributed by atoms with Crippen LogP contribution in [0.1, 0.15) is 6.92 Å². The number of anilines is 1. The van der Waals surface area contributed by atoms with Gasteiger partial charge >= 0.3 is 0 Å². The number of carbonyl (C=O) groups is 1. The molecule has 0 saturated carbocycles. The molecule has 1 heterocycles. The molecule has 0 aliphatic rings. The molecule has 2 aromatic rings. The predicted molar refractivity (Wildman–Crippen MR) is 75.1 cm³/mol. The molecule has 19 heavy (non-hydrogen) atoms. The predicted octanol–water partition coefficient (Wildman–Crippen LogP) is 3.25. The summed E-state index contributed by atoms with van der Waals surface area (Å²) in [7, 11) is 0. The minimum atomic E-state index is -0.736. The molecule has 0 radical (unpaired) electrons. The Morgan fingerprint density at radius 1 is 1.47 bits per heavy atom. The molecule has 0 spiro atoms. The molecule has 0 aliphatic heterocycles. The molecule has 2 rings (SSSR count). The second kappa shape index (κ2) is 6.18. The van der Waals surface area contributed by atoms with Crippen molar-refractivity contribution in [2.75, 3.05) is 5.32 Å². The molecule has 1 N–H and O–H groups in total. The lowest BCUT2D eigenvalue weighted by Gasteiger charge is -2.14. The van der Waals surface area contributed by atoms with Crippen LogP contribution in [0.3, 0.4) is 0 Å². The summed E-state index contributed by atoms with van der Waals surface area (Å²) in [6.45, 7) is 1.60. The molecule has 8 heteroatoms. The van der Waals surface area contributed by atoms with E-state index in [4.69, 9.17) is 27.9 Å². The summed E-state index contributed by atoms with van der Waals surface area (Å²) in [6.07, 6.45) is -0.736. The van der Waals surface area contributed by atoms with Gasteiger partial charge in [-0.2, -0.15) is 0 Å². The van der Waals surface area contributed by atoms with Crippen LogP contribution in [0, 0.1) is 0 Å². The van der Waals surface area contributed by atoms with Gasteiger partial charge < -0.3 is 4.74 Å². The maximum absolute atomic E-state index is 11.8. The summed E-state index contributed by atoms with van der Waals surface area (Å²) in [5.41, 5.74) is 1.52. The Hall–Kier alpha value is -1.37. The normalized spacial score (nSPS) is 11.9. The number of aromatic nitrogens is 2. The van der Waals surface area contributed by atoms with Crippen LogP contribution in [-0.4, -0.2) is 22.2 Å². The van der Waals surface area contributed by atoms with E-state index in [9.17, 15) is 4.79 Å². The van der Waals surface area contributed by atoms with Gasteiger partial charge in [0.1, 0.15) is 16.3 Å². The first kappa shape index (κ1) is 14.0. The van der Waals surface area contributed by atoms with E-state index in [2.05, 4.69) is 15.5 Å². The van der Waals surface area contributed by atoms with Gasteiger partial charge in [-0.3, -0.25) is 10.1 Å². The number of nitrogens with one attached hydrogen (secondary N) is 1. The molecule has 0 aliphatic carbocycles. The summed E-state index contributed by atoms with van der Waals surface area (Å²) in [6, 6.07) is 4.98. The van der Waals surface area contributed by atoms with Gasteiger partial charge in [0.25, 0.3) is 5.91 Å². The van der Waals surface area contributed by atoms with Crippen LogP contribution in [-0.2, 0) is 4.79 Å². The van der Waals surface area contributed by atoms with Gasteiger partial charge in [0, 0.05) is 0 Å². The van der Waals surface area contributed by atoms with E-state index in [1.807, 2.05) is 0 Å². The Morgan fingerprint density at radius 3 is 2.95 bits per heavy atom. The number of hydrogen-bond acceptors (Lipinski definition) is 5. The zero-order valence-corrected chi connectivity index (χ0v) is 12.1. The number of benzene rings is 1. The third-order valence-electron chi connectivity index (χ3n) is 2.18. The quantitative estimate of drug-likeness (QED) is 0.940. The minimum Gasteiger partial charge on any atom is -0.479 e. The Labute approximate surface area is 123 Å². The van der Waals surface area contributed by atoms with Gasteiger partial charge in [-0.25, -0.2) is 0 Å². The minimum absolute atomic E-state index is 0.278. The second-order valence-corrected chi connectivity index (χ2v) is 5.16. The van der Waals surface area contributed by atoms with Crippen molar-refractivity contribution in [2.45, 2.75) is 13.0 Å². The van der Waals surface area contributed by atoms with Gasteiger partial charge in [-0.15, -0.1) is 10.2 Å². The van der Waals surface area contributed by atoms with E-state index >= 15 is 0 Å². The highest BCUT2D eigenvalue weighted by molar-refractivity contribution is 7.13. The molecular formula is C11H9Cl2N3O2S. The fraction of sp³-hybridized carbons (Fsp3) is 0.182. The van der Waals surface area contributed by atoms with E-state index in [1.165, 1.54) is 16.8 Å². The van der Waals surface area contributed by atoms with E-state index < -0.39 is 6.10 Å². The molecule has 0 saturated heterocycles. The highest BCUT2D eigenvalue weighted by Gasteiger charge is 2.18. The van der Waals surface area contributed by atoms with Crippen LogP contribution in [0.15, 0.2) is 23.7 Å². The van der Waals surface area contributed by atoms with E-state index in [0.29, 0.717) is 15.9 Å². The van der Waals surface area contributed by atoms with Crippen molar-refractivity contribution in [3.05, 3.63) is 33.8 Å². The molecule has 1 atom stereocenters. The lowest BCUT2D eigenvalue weighted by molar-refractivity contribution is -0.122. The van der Waals surface area contributed by atoms with Gasteiger partial charge in [0.05, 0.1) is 5.02 Å². The third kappa shape index (κ3) is 3.56. The largest absolute Gasteiger partial charge is 0.479 e. The maximum Gasteiger partial charge on any atom is 0.266 e. The molecule has 0 fully saturated rings. The average molecular weight is 318 g/mol. The molecule has 5 nitrogen and oxygen atoms in total. The van der Waals surface area contributed by atoms with Crippen molar-refractivity contribution >= 4 is 45.6 Å². The number of nitrogens with zero attached hydrogens (tertiary/aromatic N) is 2. The van der Waals surface area contributed by atoms with Crippen molar-refractivity contribution in [3.63, 3.8) is 0 Å².